The summed E-state index contributed by atoms with van der Waals surface area (Å²) in [6.45, 7) is 13.1. The van der Waals surface area contributed by atoms with Crippen LogP contribution in [0.2, 0.25) is 0 Å². The van der Waals surface area contributed by atoms with Crippen molar-refractivity contribution in [3.63, 3.8) is 0 Å². The summed E-state index contributed by atoms with van der Waals surface area (Å²) in [5.41, 5.74) is 11.0. The molecule has 3 aliphatic rings. The van der Waals surface area contributed by atoms with Crippen molar-refractivity contribution >= 4 is 28.1 Å². The van der Waals surface area contributed by atoms with E-state index in [1.54, 1.807) is 11.0 Å². The number of aryl methyl sites for hydroxylation is 3. The van der Waals surface area contributed by atoms with Crippen LogP contribution < -0.4 is 4.90 Å². The lowest BCUT2D eigenvalue weighted by Crippen LogP contribution is -2.42. The Balaban J connectivity index is 0.871. The third kappa shape index (κ3) is 7.72. The molecule has 6 heterocycles. The number of nitrogens with zero attached hydrogens (tertiary/aromatic N) is 7. The first kappa shape index (κ1) is 36.2. The topological polar surface area (TPSA) is 95.4 Å². The molecule has 54 heavy (non-hydrogen) atoms. The molecule has 2 fully saturated rings. The first-order valence-corrected chi connectivity index (χ1v) is 19.9. The third-order valence-corrected chi connectivity index (χ3v) is 11.7. The van der Waals surface area contributed by atoms with Crippen LogP contribution in [0.25, 0.3) is 39.0 Å². The fourth-order valence-electron chi connectivity index (χ4n) is 8.73. The first-order chi connectivity index (χ1) is 26.3. The molecule has 0 radical (unpaired) electrons. The number of hydrogen-bond donors (Lipinski definition) is 1. The van der Waals surface area contributed by atoms with Gasteiger partial charge in [-0.15, -0.1) is 0 Å². The molecule has 10 heteroatoms. The minimum absolute atomic E-state index is 0.233. The number of hydrogen-bond acceptors (Lipinski definition) is 7. The maximum Gasteiger partial charge on any atom is 0.237 e. The van der Waals surface area contributed by atoms with Crippen molar-refractivity contribution in [3.05, 3.63) is 90.1 Å². The predicted molar refractivity (Wildman–Crippen MR) is 216 cm³/mol. The quantitative estimate of drug-likeness (QED) is 0.136. The maximum absolute atomic E-state index is 13.5. The number of carbonyl (C=O) groups excluding carboxylic acids is 1. The van der Waals surface area contributed by atoms with Crippen LogP contribution in [0.1, 0.15) is 63.4 Å². The van der Waals surface area contributed by atoms with Gasteiger partial charge in [0.25, 0.3) is 0 Å². The van der Waals surface area contributed by atoms with E-state index in [0.29, 0.717) is 13.1 Å². The summed E-state index contributed by atoms with van der Waals surface area (Å²) in [5, 5.41) is 5.67. The largest absolute Gasteiger partial charge is 0.379 e. The third-order valence-electron chi connectivity index (χ3n) is 11.7. The number of pyridine rings is 1. The van der Waals surface area contributed by atoms with E-state index in [-0.39, 0.29) is 17.4 Å². The second-order valence-electron chi connectivity index (χ2n) is 15.9. The molecular weight excluding hydrogens is 673 g/mol. The zero-order valence-corrected chi connectivity index (χ0v) is 32.4. The van der Waals surface area contributed by atoms with Crippen molar-refractivity contribution in [2.75, 3.05) is 57.3 Å². The minimum atomic E-state index is 0.233. The molecule has 10 nitrogen and oxygen atoms in total. The Morgan fingerprint density at radius 1 is 0.963 bits per heavy atom. The van der Waals surface area contributed by atoms with Crippen LogP contribution in [0.3, 0.4) is 0 Å². The van der Waals surface area contributed by atoms with Crippen LogP contribution in [-0.4, -0.2) is 99.0 Å². The molecule has 3 aromatic heterocycles. The molecule has 3 aliphatic heterocycles. The van der Waals surface area contributed by atoms with Gasteiger partial charge < -0.3 is 19.5 Å². The summed E-state index contributed by atoms with van der Waals surface area (Å²) < 4.78 is 7.44. The smallest absolute Gasteiger partial charge is 0.237 e. The maximum atomic E-state index is 13.5. The Bertz CT molecular complexity index is 2110. The van der Waals surface area contributed by atoms with Gasteiger partial charge in [-0.1, -0.05) is 43.3 Å². The lowest BCUT2D eigenvalue weighted by Gasteiger charge is -2.29. The molecule has 8 rings (SSSR count). The van der Waals surface area contributed by atoms with E-state index in [0.717, 1.165) is 94.9 Å². The monoisotopic (exact) mass is 726 g/mol. The molecule has 1 atom stereocenters. The number of benzene rings is 2. The first-order valence-electron chi connectivity index (χ1n) is 19.9. The van der Waals surface area contributed by atoms with Gasteiger partial charge in [0, 0.05) is 103 Å². The summed E-state index contributed by atoms with van der Waals surface area (Å²) in [5.74, 6) is 0.980. The molecule has 2 aromatic carbocycles. The summed E-state index contributed by atoms with van der Waals surface area (Å²) in [7, 11) is 1.88. The minimum Gasteiger partial charge on any atom is -0.379 e. The Hall–Kier alpha value is -4.80. The highest BCUT2D eigenvalue weighted by atomic mass is 16.5. The number of ether oxygens (including phenoxy) is 1. The SMILES string of the molecule is CCc1[nH]c2ccc(N3CCC4(CCN(CC(=O)N5CC=C(c6ccc(-c7ncn(C)n7)cc6)CC5)C4)C3)cc2c1-c1ccc(CCCOC(C)C)nc1. The van der Waals surface area contributed by atoms with Crippen molar-refractivity contribution in [2.45, 2.75) is 65.4 Å². The van der Waals surface area contributed by atoms with Gasteiger partial charge in [-0.05, 0) is 94.3 Å². The van der Waals surface area contributed by atoms with E-state index in [1.165, 1.54) is 44.5 Å². The van der Waals surface area contributed by atoms with E-state index in [1.807, 2.05) is 18.1 Å². The zero-order valence-electron chi connectivity index (χ0n) is 32.4. The molecule has 1 N–H and O–H groups in total. The Morgan fingerprint density at radius 3 is 2.50 bits per heavy atom. The van der Waals surface area contributed by atoms with Crippen molar-refractivity contribution in [1.82, 2.24) is 34.5 Å². The van der Waals surface area contributed by atoms with Crippen LogP contribution in [0, 0.1) is 5.41 Å². The number of aromatic amines is 1. The Morgan fingerprint density at radius 2 is 1.78 bits per heavy atom. The van der Waals surface area contributed by atoms with Crippen LogP contribution in [0.5, 0.6) is 0 Å². The molecule has 0 saturated carbocycles. The van der Waals surface area contributed by atoms with Crippen molar-refractivity contribution in [2.24, 2.45) is 12.5 Å². The highest BCUT2D eigenvalue weighted by molar-refractivity contribution is 5.99. The number of H-pyrrole nitrogens is 1. The zero-order chi connectivity index (χ0) is 37.2. The van der Waals surface area contributed by atoms with Crippen LogP contribution in [-0.2, 0) is 29.4 Å². The lowest BCUT2D eigenvalue weighted by molar-refractivity contribution is -0.131. The molecule has 2 saturated heterocycles. The van der Waals surface area contributed by atoms with Gasteiger partial charge in [0.2, 0.25) is 5.91 Å². The summed E-state index contributed by atoms with van der Waals surface area (Å²) >= 11 is 0. The van der Waals surface area contributed by atoms with Gasteiger partial charge >= 0.3 is 0 Å². The van der Waals surface area contributed by atoms with Crippen molar-refractivity contribution in [1.29, 1.82) is 0 Å². The number of carbonyl (C=O) groups is 1. The van der Waals surface area contributed by atoms with E-state index in [4.69, 9.17) is 9.72 Å². The second-order valence-corrected chi connectivity index (χ2v) is 15.9. The van der Waals surface area contributed by atoms with Crippen LogP contribution in [0.4, 0.5) is 5.69 Å². The van der Waals surface area contributed by atoms with E-state index in [2.05, 4.69) is 106 Å². The normalized spacial score (nSPS) is 19.2. The molecule has 5 aromatic rings. The summed E-state index contributed by atoms with van der Waals surface area (Å²) in [6, 6.07) is 19.8. The lowest BCUT2D eigenvalue weighted by atomic mass is 9.86. The average molecular weight is 727 g/mol. The molecule has 0 aliphatic carbocycles. The van der Waals surface area contributed by atoms with Crippen molar-refractivity contribution < 1.29 is 9.53 Å². The van der Waals surface area contributed by atoms with Crippen LogP contribution >= 0.6 is 0 Å². The number of aromatic nitrogens is 5. The fourth-order valence-corrected chi connectivity index (χ4v) is 8.73. The molecule has 0 bridgehead atoms. The van der Waals surface area contributed by atoms with Gasteiger partial charge in [0.15, 0.2) is 5.82 Å². The number of likely N-dealkylation sites (tertiary alicyclic amines) is 1. The molecule has 1 spiro atoms. The molecule has 1 unspecified atom stereocenters. The Labute approximate surface area is 319 Å². The van der Waals surface area contributed by atoms with Crippen LogP contribution in [0.15, 0.2) is 73.2 Å². The fraction of sp³-hybridized carbons (Fsp3) is 0.455. The number of fused-ring (bicyclic) bond motifs is 1. The Kier molecular flexibility index (Phi) is 10.4. The van der Waals surface area contributed by atoms with Gasteiger partial charge in [-0.3, -0.25) is 19.4 Å². The van der Waals surface area contributed by atoms with E-state index >= 15 is 0 Å². The number of amides is 1. The van der Waals surface area contributed by atoms with Gasteiger partial charge in [0.1, 0.15) is 6.33 Å². The molecule has 1 amide bonds. The number of rotatable bonds is 12. The summed E-state index contributed by atoms with van der Waals surface area (Å²) in [6.07, 6.45) is 12.3. The molecular formula is C44H54N8O2. The molecule has 282 valence electrons. The van der Waals surface area contributed by atoms with Gasteiger partial charge in [-0.2, -0.15) is 5.10 Å². The highest BCUT2D eigenvalue weighted by Crippen LogP contribution is 2.43. The van der Waals surface area contributed by atoms with E-state index in [9.17, 15) is 4.79 Å². The van der Waals surface area contributed by atoms with Crippen molar-refractivity contribution in [3.8, 4) is 22.5 Å². The highest BCUT2D eigenvalue weighted by Gasteiger charge is 2.44. The predicted octanol–water partition coefficient (Wildman–Crippen LogP) is 7.16. The summed E-state index contributed by atoms with van der Waals surface area (Å²) in [4.78, 5) is 33.4. The van der Waals surface area contributed by atoms with Gasteiger partial charge in [0.05, 0.1) is 12.6 Å². The number of anilines is 1. The standard InChI is InChI=1S/C44H54N8O2/c1-5-39-42(35-12-13-36(45-26-35)7-6-24-54-31(2)3)38-25-37(14-15-40(38)47-39)52-23-19-44(29-52)18-22-50(28-44)27-41(53)51-20-16-33(17-21-51)32-8-10-34(11-9-32)43-46-30-49(4)48-43/h8-16,25-26,30-31,47H,5-7,17-24,27-29H2,1-4H3. The number of nitrogens with one attached hydrogen (secondary N) is 1. The van der Waals surface area contributed by atoms with Gasteiger partial charge in [-0.25, -0.2) is 4.98 Å². The second kappa shape index (κ2) is 15.5. The average Bonchev–Trinajstić information content (AvgIpc) is 4.00. The van der Waals surface area contributed by atoms with E-state index < -0.39 is 0 Å².